The average Bonchev–Trinajstić information content (AvgIpc) is 2.79. The summed E-state index contributed by atoms with van der Waals surface area (Å²) in [6.45, 7) is 5.40. The molecule has 6 heteroatoms. The number of carbonyl (C=O) groups excluding carboxylic acids is 2. The van der Waals surface area contributed by atoms with Gasteiger partial charge in [0.1, 0.15) is 5.60 Å². The third-order valence-electron chi connectivity index (χ3n) is 3.11. The van der Waals surface area contributed by atoms with Crippen LogP contribution >= 0.6 is 11.6 Å². The Morgan fingerprint density at radius 1 is 1.19 bits per heavy atom. The highest BCUT2D eigenvalue weighted by molar-refractivity contribution is 6.19. The smallest absolute Gasteiger partial charge is 0.433 e. The molecule has 0 heterocycles. The van der Waals surface area contributed by atoms with Gasteiger partial charge in [-0.3, -0.25) is 4.79 Å². The van der Waals surface area contributed by atoms with Crippen molar-refractivity contribution in [2.75, 3.05) is 5.88 Å². The molecule has 2 unspecified atom stereocenters. The first-order valence-electron chi connectivity index (χ1n) is 7.22. The van der Waals surface area contributed by atoms with Gasteiger partial charge < -0.3 is 4.74 Å². The van der Waals surface area contributed by atoms with Crippen LogP contribution in [0.5, 0.6) is 0 Å². The Kier molecular flexibility index (Phi) is 7.02. The zero-order valence-corrected chi connectivity index (χ0v) is 13.6. The van der Waals surface area contributed by atoms with Crippen molar-refractivity contribution >= 4 is 36.0 Å². The van der Waals surface area contributed by atoms with E-state index in [2.05, 4.69) is 9.98 Å². The van der Waals surface area contributed by atoms with Crippen LogP contribution < -0.4 is 0 Å². The monoisotopic (exact) mass is 314 g/mol. The molecule has 1 rings (SSSR count). The minimum atomic E-state index is -0.580. The van der Waals surface area contributed by atoms with Crippen LogP contribution in [-0.4, -0.2) is 35.9 Å². The van der Waals surface area contributed by atoms with Gasteiger partial charge in [0.25, 0.3) is 0 Å². The van der Waals surface area contributed by atoms with Crippen molar-refractivity contribution < 1.29 is 14.3 Å². The van der Waals surface area contributed by atoms with Crippen molar-refractivity contribution in [3.05, 3.63) is 0 Å². The van der Waals surface area contributed by atoms with E-state index >= 15 is 0 Å². The van der Waals surface area contributed by atoms with E-state index in [1.165, 1.54) is 0 Å². The Hall–Kier alpha value is -1.23. The van der Waals surface area contributed by atoms with Crippen molar-refractivity contribution in [1.29, 1.82) is 0 Å². The lowest BCUT2D eigenvalue weighted by Crippen LogP contribution is -2.22. The van der Waals surface area contributed by atoms with E-state index < -0.39 is 11.7 Å². The van der Waals surface area contributed by atoms with Crippen LogP contribution in [0.2, 0.25) is 0 Å². The van der Waals surface area contributed by atoms with Gasteiger partial charge in [-0.05, 0) is 33.6 Å². The minimum Gasteiger partial charge on any atom is -0.442 e. The van der Waals surface area contributed by atoms with E-state index in [0.717, 1.165) is 19.3 Å². The molecular formula is C15H23ClN2O3. The molecule has 0 N–H and O–H groups in total. The molecule has 1 saturated carbocycles. The van der Waals surface area contributed by atoms with E-state index in [9.17, 15) is 9.59 Å². The van der Waals surface area contributed by atoms with Crippen molar-refractivity contribution in [2.24, 2.45) is 21.8 Å². The Bertz CT molecular complexity index is 427. The van der Waals surface area contributed by atoms with Gasteiger partial charge in [-0.1, -0.05) is 6.42 Å². The summed E-state index contributed by atoms with van der Waals surface area (Å²) in [4.78, 5) is 30.6. The Balaban J connectivity index is 2.53. The normalized spacial score (nSPS) is 23.0. The maximum Gasteiger partial charge on any atom is 0.433 e. The summed E-state index contributed by atoms with van der Waals surface area (Å²) in [6, 6.07) is 0. The number of rotatable bonds is 4. The molecule has 118 valence electrons. The summed E-state index contributed by atoms with van der Waals surface area (Å²) >= 11 is 5.49. The number of nitrogens with zero attached hydrogens (tertiary/aromatic N) is 2. The van der Waals surface area contributed by atoms with Crippen molar-refractivity contribution in [2.45, 2.75) is 52.1 Å². The summed E-state index contributed by atoms with van der Waals surface area (Å²) in [5.41, 5.74) is -0.543. The van der Waals surface area contributed by atoms with Crippen LogP contribution in [0.4, 0.5) is 4.79 Å². The molecule has 1 aliphatic rings. The van der Waals surface area contributed by atoms with E-state index in [1.807, 2.05) is 0 Å². The van der Waals surface area contributed by atoms with E-state index in [1.54, 1.807) is 33.2 Å². The van der Waals surface area contributed by atoms with E-state index in [-0.39, 0.29) is 30.0 Å². The SMILES string of the molecule is CC(C)(C)OC(=O)/N=C/C1CCCC1/C=N/C(=O)CCCl. The first-order valence-corrected chi connectivity index (χ1v) is 7.75. The molecule has 0 bridgehead atoms. The first-order chi connectivity index (χ1) is 9.81. The van der Waals surface area contributed by atoms with Gasteiger partial charge in [0.2, 0.25) is 5.91 Å². The van der Waals surface area contributed by atoms with Gasteiger partial charge in [-0.25, -0.2) is 9.79 Å². The molecule has 0 radical (unpaired) electrons. The molecule has 21 heavy (non-hydrogen) atoms. The molecule has 0 aromatic heterocycles. The predicted molar refractivity (Wildman–Crippen MR) is 84.4 cm³/mol. The summed E-state index contributed by atoms with van der Waals surface area (Å²) < 4.78 is 5.12. The molecule has 1 aliphatic carbocycles. The van der Waals surface area contributed by atoms with Crippen LogP contribution in [-0.2, 0) is 9.53 Å². The third-order valence-corrected chi connectivity index (χ3v) is 3.30. The lowest BCUT2D eigenvalue weighted by Gasteiger charge is -2.17. The predicted octanol–water partition coefficient (Wildman–Crippen LogP) is 3.63. The molecule has 5 nitrogen and oxygen atoms in total. The number of ether oxygens (including phenoxy) is 1. The average molecular weight is 315 g/mol. The fourth-order valence-electron chi connectivity index (χ4n) is 2.16. The highest BCUT2D eigenvalue weighted by atomic mass is 35.5. The standard InChI is InChI=1S/C15H23ClN2O3/c1-15(2,3)21-14(20)18-10-12-6-4-5-11(12)9-17-13(19)7-8-16/h9-12H,4-8H2,1-3H3/b17-9+,18-10+. The second-order valence-electron chi connectivity index (χ2n) is 6.13. The molecule has 2 amide bonds. The second-order valence-corrected chi connectivity index (χ2v) is 6.51. The van der Waals surface area contributed by atoms with Gasteiger partial charge in [0.05, 0.1) is 0 Å². The number of halogens is 1. The summed E-state index contributed by atoms with van der Waals surface area (Å²) in [6.07, 6.45) is 5.89. The number of alkyl halides is 1. The lowest BCUT2D eigenvalue weighted by molar-refractivity contribution is -0.117. The summed E-state index contributed by atoms with van der Waals surface area (Å²) in [5, 5.41) is 0. The Morgan fingerprint density at radius 3 is 2.29 bits per heavy atom. The van der Waals surface area contributed by atoms with Gasteiger partial charge in [-0.2, -0.15) is 4.99 Å². The van der Waals surface area contributed by atoms with Crippen LogP contribution in [0.1, 0.15) is 46.5 Å². The quantitative estimate of drug-likeness (QED) is 0.587. The Morgan fingerprint density at radius 2 is 1.76 bits per heavy atom. The van der Waals surface area contributed by atoms with Gasteiger partial charge in [0, 0.05) is 36.6 Å². The second kappa shape index (κ2) is 8.27. The van der Waals surface area contributed by atoms with Crippen molar-refractivity contribution in [3.63, 3.8) is 0 Å². The lowest BCUT2D eigenvalue weighted by atomic mass is 9.99. The highest BCUT2D eigenvalue weighted by Crippen LogP contribution is 2.29. The largest absolute Gasteiger partial charge is 0.442 e. The number of hydrogen-bond acceptors (Lipinski definition) is 3. The number of hydrogen-bond donors (Lipinski definition) is 0. The van der Waals surface area contributed by atoms with Crippen LogP contribution in [0.3, 0.4) is 0 Å². The summed E-state index contributed by atoms with van der Waals surface area (Å²) in [7, 11) is 0. The topological polar surface area (TPSA) is 68.1 Å². The van der Waals surface area contributed by atoms with Crippen LogP contribution in [0.15, 0.2) is 9.98 Å². The number of aliphatic imine (C=N–C) groups is 2. The van der Waals surface area contributed by atoms with Gasteiger partial charge >= 0.3 is 6.09 Å². The third kappa shape index (κ3) is 7.37. The van der Waals surface area contributed by atoms with Crippen molar-refractivity contribution in [3.8, 4) is 0 Å². The number of amides is 2. The molecule has 1 fully saturated rings. The summed E-state index contributed by atoms with van der Waals surface area (Å²) in [5.74, 6) is 0.352. The Labute approximate surface area is 130 Å². The van der Waals surface area contributed by atoms with Crippen molar-refractivity contribution in [1.82, 2.24) is 0 Å². The fraction of sp³-hybridized carbons (Fsp3) is 0.733. The van der Waals surface area contributed by atoms with E-state index in [4.69, 9.17) is 16.3 Å². The zero-order valence-electron chi connectivity index (χ0n) is 12.8. The molecule has 0 saturated heterocycles. The minimum absolute atomic E-state index is 0.130. The van der Waals surface area contributed by atoms with Crippen LogP contribution in [0.25, 0.3) is 0 Å². The fourth-order valence-corrected chi connectivity index (χ4v) is 2.32. The van der Waals surface area contributed by atoms with E-state index in [0.29, 0.717) is 0 Å². The van der Waals surface area contributed by atoms with Gasteiger partial charge in [0.15, 0.2) is 0 Å². The highest BCUT2D eigenvalue weighted by Gasteiger charge is 2.25. The molecule has 0 aromatic rings. The number of carbonyl (C=O) groups is 2. The maximum absolute atomic E-state index is 11.6. The van der Waals surface area contributed by atoms with Crippen LogP contribution in [0, 0.1) is 11.8 Å². The maximum atomic E-state index is 11.6. The molecule has 0 spiro atoms. The molecular weight excluding hydrogens is 292 g/mol. The zero-order chi connectivity index (χ0) is 15.9. The molecule has 0 aliphatic heterocycles. The molecule has 2 atom stereocenters. The first kappa shape index (κ1) is 17.8. The molecule has 0 aromatic carbocycles. The van der Waals surface area contributed by atoms with Gasteiger partial charge in [-0.15, -0.1) is 11.6 Å².